The lowest BCUT2D eigenvalue weighted by Crippen LogP contribution is -2.18. The topological polar surface area (TPSA) is 46.5 Å². The largest absolute Gasteiger partial charge is 0.515 e. The van der Waals surface area contributed by atoms with Gasteiger partial charge in [-0.1, -0.05) is 12.1 Å². The van der Waals surface area contributed by atoms with Gasteiger partial charge in [-0.2, -0.15) is 0 Å². The third-order valence-corrected chi connectivity index (χ3v) is 1.96. The molecule has 0 fully saturated rings. The van der Waals surface area contributed by atoms with Crippen molar-refractivity contribution in [1.82, 2.24) is 0 Å². The van der Waals surface area contributed by atoms with Crippen molar-refractivity contribution in [2.24, 2.45) is 0 Å². The second kappa shape index (κ2) is 2.94. The molecule has 1 N–H and O–H groups in total. The van der Waals surface area contributed by atoms with Crippen LogP contribution in [0, 0.1) is 0 Å². The zero-order chi connectivity index (χ0) is 9.26. The number of para-hydroxylation sites is 1. The molecular formula is C10H8O3. The number of ether oxygens (including phenoxy) is 1. The van der Waals surface area contributed by atoms with Crippen LogP contribution in [0.25, 0.3) is 0 Å². The van der Waals surface area contributed by atoms with Crippen LogP contribution in [0.15, 0.2) is 36.1 Å². The molecule has 3 nitrogen and oxygen atoms in total. The van der Waals surface area contributed by atoms with Gasteiger partial charge in [0.15, 0.2) is 5.78 Å². The Balaban J connectivity index is 2.51. The fourth-order valence-electron chi connectivity index (χ4n) is 1.27. The summed E-state index contributed by atoms with van der Waals surface area (Å²) in [5.41, 5.74) is 0.799. The SMILES string of the molecule is O=C1/C(=C/O)COc2ccccc21. The first-order valence-electron chi connectivity index (χ1n) is 3.92. The molecule has 0 radical (unpaired) electrons. The molecule has 0 saturated heterocycles. The summed E-state index contributed by atoms with van der Waals surface area (Å²) < 4.78 is 5.25. The van der Waals surface area contributed by atoms with E-state index in [0.717, 1.165) is 6.26 Å². The van der Waals surface area contributed by atoms with Gasteiger partial charge < -0.3 is 9.84 Å². The van der Waals surface area contributed by atoms with Gasteiger partial charge >= 0.3 is 0 Å². The molecule has 0 aliphatic carbocycles. The molecule has 1 aromatic carbocycles. The molecule has 0 bridgehead atoms. The van der Waals surface area contributed by atoms with Gasteiger partial charge in [-0.25, -0.2) is 0 Å². The van der Waals surface area contributed by atoms with Gasteiger partial charge in [0.1, 0.15) is 12.4 Å². The van der Waals surface area contributed by atoms with E-state index in [9.17, 15) is 4.79 Å². The number of carbonyl (C=O) groups excluding carboxylic acids is 1. The fraction of sp³-hybridized carbons (Fsp3) is 0.100. The molecule has 0 atom stereocenters. The Morgan fingerprint density at radius 3 is 2.92 bits per heavy atom. The maximum atomic E-state index is 11.5. The number of aliphatic hydroxyl groups excluding tert-OH is 1. The third kappa shape index (κ3) is 1.18. The van der Waals surface area contributed by atoms with Crippen LogP contribution in [0.4, 0.5) is 0 Å². The molecule has 0 amide bonds. The highest BCUT2D eigenvalue weighted by Crippen LogP contribution is 2.25. The summed E-state index contributed by atoms with van der Waals surface area (Å²) in [5, 5.41) is 8.72. The maximum absolute atomic E-state index is 11.5. The van der Waals surface area contributed by atoms with E-state index in [1.165, 1.54) is 0 Å². The van der Waals surface area contributed by atoms with Crippen molar-refractivity contribution in [2.45, 2.75) is 0 Å². The van der Waals surface area contributed by atoms with Crippen LogP contribution in [-0.2, 0) is 0 Å². The van der Waals surface area contributed by atoms with Gasteiger partial charge in [0.2, 0.25) is 0 Å². The van der Waals surface area contributed by atoms with Crippen molar-refractivity contribution in [3.8, 4) is 5.75 Å². The average molecular weight is 176 g/mol. The minimum Gasteiger partial charge on any atom is -0.515 e. The Morgan fingerprint density at radius 2 is 2.15 bits per heavy atom. The lowest BCUT2D eigenvalue weighted by molar-refractivity contribution is 0.0995. The molecule has 66 valence electrons. The quantitative estimate of drug-likeness (QED) is 0.483. The Morgan fingerprint density at radius 1 is 1.38 bits per heavy atom. The van der Waals surface area contributed by atoms with E-state index in [0.29, 0.717) is 16.9 Å². The molecule has 0 aromatic heterocycles. The zero-order valence-corrected chi connectivity index (χ0v) is 6.86. The van der Waals surface area contributed by atoms with E-state index in [1.807, 2.05) is 0 Å². The van der Waals surface area contributed by atoms with E-state index < -0.39 is 0 Å². The molecule has 0 unspecified atom stereocenters. The van der Waals surface area contributed by atoms with Gasteiger partial charge in [0.25, 0.3) is 0 Å². The van der Waals surface area contributed by atoms with Crippen LogP contribution >= 0.6 is 0 Å². The summed E-state index contributed by atoms with van der Waals surface area (Å²) in [5.74, 6) is 0.419. The Labute approximate surface area is 75.3 Å². The molecule has 3 heteroatoms. The number of hydrogen-bond donors (Lipinski definition) is 1. The van der Waals surface area contributed by atoms with E-state index >= 15 is 0 Å². The van der Waals surface area contributed by atoms with Gasteiger partial charge in [0.05, 0.1) is 17.4 Å². The second-order valence-electron chi connectivity index (χ2n) is 2.77. The van der Waals surface area contributed by atoms with Crippen LogP contribution in [-0.4, -0.2) is 17.5 Å². The number of Topliss-reactive ketones (excluding diaryl/α,β-unsaturated/α-hetero) is 1. The van der Waals surface area contributed by atoms with E-state index in [-0.39, 0.29) is 12.4 Å². The molecule has 0 saturated carbocycles. The van der Waals surface area contributed by atoms with Gasteiger partial charge in [-0.15, -0.1) is 0 Å². The van der Waals surface area contributed by atoms with Gasteiger partial charge in [-0.3, -0.25) is 4.79 Å². The minimum atomic E-state index is -0.163. The highest BCUT2D eigenvalue weighted by molar-refractivity contribution is 6.11. The number of rotatable bonds is 0. The molecule has 13 heavy (non-hydrogen) atoms. The molecule has 1 aliphatic rings. The molecule has 0 spiro atoms. The van der Waals surface area contributed by atoms with Gasteiger partial charge in [0, 0.05) is 0 Å². The van der Waals surface area contributed by atoms with Crippen molar-refractivity contribution in [2.75, 3.05) is 6.61 Å². The monoisotopic (exact) mass is 176 g/mol. The number of ketones is 1. The Bertz CT molecular complexity index is 380. The molecular weight excluding hydrogens is 168 g/mol. The lowest BCUT2D eigenvalue weighted by Gasteiger charge is -2.17. The van der Waals surface area contributed by atoms with E-state index in [4.69, 9.17) is 9.84 Å². The summed E-state index contributed by atoms with van der Waals surface area (Å²) in [4.78, 5) is 11.5. The number of fused-ring (bicyclic) bond motifs is 1. The summed E-state index contributed by atoms with van der Waals surface area (Å²) in [7, 11) is 0. The van der Waals surface area contributed by atoms with Crippen molar-refractivity contribution < 1.29 is 14.6 Å². The Hall–Kier alpha value is -1.77. The molecule has 1 heterocycles. The predicted octanol–water partition coefficient (Wildman–Crippen LogP) is 1.70. The van der Waals surface area contributed by atoms with Crippen LogP contribution in [0.2, 0.25) is 0 Å². The normalized spacial score (nSPS) is 18.2. The minimum absolute atomic E-state index is 0.145. The summed E-state index contributed by atoms with van der Waals surface area (Å²) in [6.07, 6.45) is 0.804. The van der Waals surface area contributed by atoms with Crippen LogP contribution in [0.5, 0.6) is 5.75 Å². The highest BCUT2D eigenvalue weighted by atomic mass is 16.5. The first kappa shape index (κ1) is 7.86. The molecule has 2 rings (SSSR count). The number of hydrogen-bond acceptors (Lipinski definition) is 3. The van der Waals surface area contributed by atoms with E-state index in [1.54, 1.807) is 24.3 Å². The highest BCUT2D eigenvalue weighted by Gasteiger charge is 2.22. The van der Waals surface area contributed by atoms with Gasteiger partial charge in [-0.05, 0) is 12.1 Å². The standard InChI is InChI=1S/C10H8O3/c11-5-7-6-13-9-4-2-1-3-8(9)10(7)12/h1-5,11H,6H2/b7-5+. The van der Waals surface area contributed by atoms with Crippen molar-refractivity contribution in [3.63, 3.8) is 0 Å². The summed E-state index contributed by atoms with van der Waals surface area (Å²) >= 11 is 0. The van der Waals surface area contributed by atoms with Crippen molar-refractivity contribution in [3.05, 3.63) is 41.7 Å². The zero-order valence-electron chi connectivity index (χ0n) is 6.86. The number of benzene rings is 1. The number of carbonyl (C=O) groups is 1. The van der Waals surface area contributed by atoms with Crippen LogP contribution in [0.1, 0.15) is 10.4 Å². The fourth-order valence-corrected chi connectivity index (χ4v) is 1.27. The smallest absolute Gasteiger partial charge is 0.199 e. The van der Waals surface area contributed by atoms with E-state index in [2.05, 4.69) is 0 Å². The second-order valence-corrected chi connectivity index (χ2v) is 2.77. The lowest BCUT2D eigenvalue weighted by atomic mass is 10.0. The third-order valence-electron chi connectivity index (χ3n) is 1.96. The van der Waals surface area contributed by atoms with Crippen molar-refractivity contribution >= 4 is 5.78 Å². The van der Waals surface area contributed by atoms with Crippen molar-refractivity contribution in [1.29, 1.82) is 0 Å². The summed E-state index contributed by atoms with van der Waals surface area (Å²) in [6.45, 7) is 0.145. The molecule has 1 aliphatic heterocycles. The van der Waals surface area contributed by atoms with Crippen LogP contribution < -0.4 is 4.74 Å². The molecule has 1 aromatic rings. The first-order valence-corrected chi connectivity index (χ1v) is 3.92. The number of aliphatic hydroxyl groups is 1. The first-order chi connectivity index (χ1) is 6.33. The summed E-state index contributed by atoms with van der Waals surface area (Å²) in [6, 6.07) is 6.99. The average Bonchev–Trinajstić information content (AvgIpc) is 2.19. The van der Waals surface area contributed by atoms with Crippen LogP contribution in [0.3, 0.4) is 0 Å². The maximum Gasteiger partial charge on any atom is 0.199 e. The Kier molecular flexibility index (Phi) is 1.77. The predicted molar refractivity (Wildman–Crippen MR) is 47.0 cm³/mol.